The number of rotatable bonds is 7. The molecule has 1 heterocycles. The van der Waals surface area contributed by atoms with Gasteiger partial charge in [0.15, 0.2) is 0 Å². The van der Waals surface area contributed by atoms with Gasteiger partial charge in [-0.15, -0.1) is 0 Å². The molecule has 11 nitrogen and oxygen atoms in total. The third-order valence-corrected chi connectivity index (χ3v) is 7.11. The van der Waals surface area contributed by atoms with Gasteiger partial charge in [0.1, 0.15) is 6.61 Å². The summed E-state index contributed by atoms with van der Waals surface area (Å²) in [5.41, 5.74) is 0.255. The van der Waals surface area contributed by atoms with E-state index < -0.39 is 9.85 Å². The number of carbonyl (C=O) groups excluding carboxylic acids is 2. The Hall–Kier alpha value is -3.93. The second-order valence-electron chi connectivity index (χ2n) is 8.56. The summed E-state index contributed by atoms with van der Waals surface area (Å²) in [7, 11) is 0. The van der Waals surface area contributed by atoms with Crippen molar-refractivity contribution in [2.24, 2.45) is 28.8 Å². The first-order valence-corrected chi connectivity index (χ1v) is 11.5. The molecule has 5 rings (SSSR count). The van der Waals surface area contributed by atoms with Crippen molar-refractivity contribution < 1.29 is 24.2 Å². The van der Waals surface area contributed by atoms with Gasteiger partial charge in [0.25, 0.3) is 17.5 Å². The molecule has 0 unspecified atom stereocenters. The molecular formula is C23H17BrN4O7. The van der Waals surface area contributed by atoms with Gasteiger partial charge in [0.2, 0.25) is 5.75 Å². The van der Waals surface area contributed by atoms with E-state index in [4.69, 9.17) is 4.74 Å². The number of amides is 2. The number of imide groups is 1. The Balaban J connectivity index is 1.36. The first-order valence-electron chi connectivity index (χ1n) is 10.7. The summed E-state index contributed by atoms with van der Waals surface area (Å²) < 4.78 is 5.86. The Morgan fingerprint density at radius 1 is 1.06 bits per heavy atom. The van der Waals surface area contributed by atoms with Gasteiger partial charge in [-0.3, -0.25) is 29.8 Å². The molecule has 2 aromatic rings. The normalized spacial score (nSPS) is 24.4. The number of allylic oxidation sites excluding steroid dienone is 2. The number of nitro groups is 2. The molecular weight excluding hydrogens is 524 g/mol. The quantitative estimate of drug-likeness (QED) is 0.169. The van der Waals surface area contributed by atoms with Crippen LogP contribution < -0.4 is 4.74 Å². The lowest BCUT2D eigenvalue weighted by atomic mass is 9.85. The topological polar surface area (TPSA) is 145 Å². The fourth-order valence-corrected chi connectivity index (χ4v) is 5.57. The monoisotopic (exact) mass is 540 g/mol. The van der Waals surface area contributed by atoms with Crippen LogP contribution in [0.15, 0.2) is 58.1 Å². The number of nitro benzene ring substituents is 2. The molecule has 2 amide bonds. The molecule has 35 heavy (non-hydrogen) atoms. The van der Waals surface area contributed by atoms with Crippen LogP contribution in [0, 0.1) is 43.9 Å². The molecule has 2 bridgehead atoms. The zero-order valence-electron chi connectivity index (χ0n) is 17.9. The van der Waals surface area contributed by atoms with Crippen molar-refractivity contribution in [1.29, 1.82) is 0 Å². The Bertz CT molecular complexity index is 1310. The summed E-state index contributed by atoms with van der Waals surface area (Å²) in [6, 6.07) is 8.48. The maximum absolute atomic E-state index is 12.8. The summed E-state index contributed by atoms with van der Waals surface area (Å²) in [6.45, 7) is -0.134. The van der Waals surface area contributed by atoms with Crippen LogP contribution in [0.25, 0.3) is 0 Å². The second kappa shape index (κ2) is 8.69. The molecule has 0 N–H and O–H groups in total. The standard InChI is InChI=1S/C23H17BrN4O7/c24-17-7-13(10-25-26-22(29)19-14-4-5-15(9-14)20(19)23(26)30)8-18(28(33)34)21(17)35-11-12-2-1-3-16(6-12)27(31)32/h1-8,10,14-15,19-20H,9,11H2/t14-,15-,19-,20+/m0/s1. The van der Waals surface area contributed by atoms with Gasteiger partial charge >= 0.3 is 5.69 Å². The Morgan fingerprint density at radius 2 is 1.74 bits per heavy atom. The Kier molecular flexibility index (Phi) is 5.67. The van der Waals surface area contributed by atoms with E-state index in [2.05, 4.69) is 21.0 Å². The van der Waals surface area contributed by atoms with Crippen molar-refractivity contribution in [3.8, 4) is 5.75 Å². The maximum atomic E-state index is 12.8. The molecule has 1 saturated carbocycles. The van der Waals surface area contributed by atoms with Crippen molar-refractivity contribution in [3.63, 3.8) is 0 Å². The minimum absolute atomic E-state index is 0.0550. The van der Waals surface area contributed by atoms with E-state index in [1.165, 1.54) is 36.5 Å². The number of hydrazone groups is 1. The number of benzene rings is 2. The predicted molar refractivity (Wildman–Crippen MR) is 125 cm³/mol. The molecule has 2 aliphatic carbocycles. The molecule has 0 radical (unpaired) electrons. The van der Waals surface area contributed by atoms with E-state index >= 15 is 0 Å². The highest BCUT2D eigenvalue weighted by Gasteiger charge is 2.59. The first kappa shape index (κ1) is 22.8. The number of carbonyl (C=O) groups is 2. The third-order valence-electron chi connectivity index (χ3n) is 6.52. The molecule has 1 aliphatic heterocycles. The molecule has 1 saturated heterocycles. The molecule has 2 aromatic carbocycles. The van der Waals surface area contributed by atoms with Gasteiger partial charge < -0.3 is 4.74 Å². The van der Waals surface area contributed by atoms with E-state index in [0.717, 1.165) is 11.4 Å². The molecule has 3 aliphatic rings. The van der Waals surface area contributed by atoms with Gasteiger partial charge in [0, 0.05) is 23.8 Å². The largest absolute Gasteiger partial charge is 0.481 e. The second-order valence-corrected chi connectivity index (χ2v) is 9.41. The van der Waals surface area contributed by atoms with E-state index in [-0.39, 0.29) is 69.3 Å². The smallest absolute Gasteiger partial charge is 0.312 e. The molecule has 4 atom stereocenters. The highest BCUT2D eigenvalue weighted by molar-refractivity contribution is 9.10. The average Bonchev–Trinajstić information content (AvgIpc) is 3.51. The van der Waals surface area contributed by atoms with Crippen LogP contribution in [0.1, 0.15) is 17.5 Å². The predicted octanol–water partition coefficient (Wildman–Crippen LogP) is 3.99. The summed E-state index contributed by atoms with van der Waals surface area (Å²) >= 11 is 3.26. The van der Waals surface area contributed by atoms with Crippen LogP contribution in [0.4, 0.5) is 11.4 Å². The van der Waals surface area contributed by atoms with Crippen LogP contribution in [0.5, 0.6) is 5.75 Å². The number of fused-ring (bicyclic) bond motifs is 5. The summed E-state index contributed by atoms with van der Waals surface area (Å²) in [5.74, 6) is -1.43. The zero-order chi connectivity index (χ0) is 24.9. The molecule has 0 aromatic heterocycles. The van der Waals surface area contributed by atoms with Crippen molar-refractivity contribution in [1.82, 2.24) is 5.01 Å². The lowest BCUT2D eigenvalue weighted by Gasteiger charge is -2.13. The summed E-state index contributed by atoms with van der Waals surface area (Å²) in [4.78, 5) is 47.0. The summed E-state index contributed by atoms with van der Waals surface area (Å²) in [5, 5.41) is 27.6. The highest BCUT2D eigenvalue weighted by atomic mass is 79.9. The molecule has 178 valence electrons. The fourth-order valence-electron chi connectivity index (χ4n) is 4.99. The molecule has 0 spiro atoms. The van der Waals surface area contributed by atoms with E-state index in [1.807, 2.05) is 12.2 Å². The molecule has 2 fully saturated rings. The minimum atomic E-state index is -0.634. The van der Waals surface area contributed by atoms with Crippen LogP contribution in [0.2, 0.25) is 0 Å². The lowest BCUT2D eigenvalue weighted by Crippen LogP contribution is -2.28. The number of halogens is 1. The Labute approximate surface area is 206 Å². The van der Waals surface area contributed by atoms with E-state index in [9.17, 15) is 29.8 Å². The fraction of sp³-hybridized carbons (Fsp3) is 0.261. The molecule has 12 heteroatoms. The SMILES string of the molecule is O=C1[C@@H]2[C@H](C(=O)N1N=Cc1cc(Br)c(OCc3cccc([N+](=O)[O-])c3)c([N+](=O)[O-])c1)[C@H]1C=C[C@H]2C1. The van der Waals surface area contributed by atoms with Crippen molar-refractivity contribution in [2.45, 2.75) is 13.0 Å². The Morgan fingerprint density at radius 3 is 2.37 bits per heavy atom. The van der Waals surface area contributed by atoms with Crippen molar-refractivity contribution in [2.75, 3.05) is 0 Å². The van der Waals surface area contributed by atoms with E-state index in [0.29, 0.717) is 5.56 Å². The zero-order valence-corrected chi connectivity index (χ0v) is 19.5. The van der Waals surface area contributed by atoms with Crippen LogP contribution >= 0.6 is 15.9 Å². The number of hydrogen-bond donors (Lipinski definition) is 0. The maximum Gasteiger partial charge on any atom is 0.312 e. The minimum Gasteiger partial charge on any atom is -0.481 e. The van der Waals surface area contributed by atoms with Gasteiger partial charge in [0.05, 0.1) is 32.4 Å². The van der Waals surface area contributed by atoms with Gasteiger partial charge in [-0.1, -0.05) is 24.3 Å². The number of ether oxygens (including phenoxy) is 1. The number of non-ortho nitro benzene ring substituents is 1. The van der Waals surface area contributed by atoms with Crippen molar-refractivity contribution in [3.05, 3.63) is 84.4 Å². The van der Waals surface area contributed by atoms with Gasteiger partial charge in [-0.05, 0) is 45.8 Å². The number of hydrogen-bond acceptors (Lipinski definition) is 8. The van der Waals surface area contributed by atoms with E-state index in [1.54, 1.807) is 6.07 Å². The van der Waals surface area contributed by atoms with Crippen LogP contribution in [-0.2, 0) is 16.2 Å². The lowest BCUT2D eigenvalue weighted by molar-refractivity contribution is -0.386. The summed E-state index contributed by atoms with van der Waals surface area (Å²) in [6.07, 6.45) is 6.00. The average molecular weight is 541 g/mol. The van der Waals surface area contributed by atoms with Crippen molar-refractivity contribution >= 4 is 45.3 Å². The van der Waals surface area contributed by atoms with Crippen LogP contribution in [-0.4, -0.2) is 32.9 Å². The first-order chi connectivity index (χ1) is 16.7. The third kappa shape index (κ3) is 3.99. The number of nitrogens with zero attached hydrogens (tertiary/aromatic N) is 4. The van der Waals surface area contributed by atoms with Gasteiger partial charge in [-0.2, -0.15) is 10.1 Å². The van der Waals surface area contributed by atoms with Gasteiger partial charge in [-0.25, -0.2) is 0 Å². The highest BCUT2D eigenvalue weighted by Crippen LogP contribution is 2.52. The van der Waals surface area contributed by atoms with Crippen LogP contribution in [0.3, 0.4) is 0 Å².